The molecule has 1 aromatic carbocycles. The molecule has 12 heteroatoms. The highest BCUT2D eigenvalue weighted by atomic mass is 35.6. The van der Waals surface area contributed by atoms with Crippen LogP contribution < -0.4 is 4.90 Å². The van der Waals surface area contributed by atoms with Crippen molar-refractivity contribution in [3.63, 3.8) is 0 Å². The summed E-state index contributed by atoms with van der Waals surface area (Å²) in [6.45, 7) is 1.85. The van der Waals surface area contributed by atoms with Crippen molar-refractivity contribution in [3.05, 3.63) is 35.4 Å². The number of alkyl halides is 8. The number of halogens is 8. The summed E-state index contributed by atoms with van der Waals surface area (Å²) in [7, 11) is 0. The van der Waals surface area contributed by atoms with Crippen molar-refractivity contribution in [1.29, 1.82) is 0 Å². The van der Waals surface area contributed by atoms with Crippen molar-refractivity contribution >= 4 is 98.5 Å². The van der Waals surface area contributed by atoms with Crippen LogP contribution in [-0.2, 0) is 7.59 Å². The molecule has 0 amide bonds. The van der Waals surface area contributed by atoms with Gasteiger partial charge >= 0.3 is 0 Å². The molecule has 1 heterocycles. The summed E-state index contributed by atoms with van der Waals surface area (Å²) < 4.78 is -3.82. The Bertz CT molecular complexity index is 751. The van der Waals surface area contributed by atoms with Crippen molar-refractivity contribution in [2.45, 2.75) is 14.5 Å². The van der Waals surface area contributed by atoms with E-state index in [2.05, 4.69) is 15.0 Å². The lowest BCUT2D eigenvalue weighted by molar-refractivity contribution is 0.850. The molecule has 0 atom stereocenters. The quantitative estimate of drug-likeness (QED) is 0.334. The van der Waals surface area contributed by atoms with E-state index >= 15 is 0 Å². The van der Waals surface area contributed by atoms with Crippen molar-refractivity contribution in [1.82, 2.24) is 15.0 Å². The average molecular weight is 518 g/mol. The molecule has 0 saturated heterocycles. The zero-order chi connectivity index (χ0) is 19.7. The van der Waals surface area contributed by atoms with E-state index in [-0.39, 0.29) is 29.5 Å². The largest absolute Gasteiger partial charge is 0.344 e. The number of hydrogen-bond acceptors (Lipinski definition) is 4. The summed E-state index contributed by atoms with van der Waals surface area (Å²) in [6.07, 6.45) is 0. The van der Waals surface area contributed by atoms with Crippen molar-refractivity contribution in [2.24, 2.45) is 0 Å². The SMILES string of the molecule is Cc1cc(N(CCl)CCl)ccc1-c1nc(C(Cl)(Cl)Cl)nc(C(Cl)(Cl)Cl)n1. The molecule has 0 radical (unpaired) electrons. The first-order valence-electron chi connectivity index (χ1n) is 6.85. The van der Waals surface area contributed by atoms with Gasteiger partial charge in [-0.1, -0.05) is 69.6 Å². The van der Waals surface area contributed by atoms with E-state index in [1.807, 2.05) is 13.0 Å². The molecule has 0 aliphatic heterocycles. The normalized spacial score (nSPS) is 12.3. The predicted octanol–water partition coefficient (Wildman–Crippen LogP) is 6.70. The maximum absolute atomic E-state index is 5.90. The molecular weight excluding hydrogens is 508 g/mol. The first kappa shape index (κ1) is 22.6. The van der Waals surface area contributed by atoms with Crippen molar-refractivity contribution in [2.75, 3.05) is 16.9 Å². The fourth-order valence-corrected chi connectivity index (χ4v) is 3.05. The van der Waals surface area contributed by atoms with Gasteiger partial charge in [0.2, 0.25) is 7.59 Å². The van der Waals surface area contributed by atoms with E-state index in [9.17, 15) is 0 Å². The van der Waals surface area contributed by atoms with Gasteiger partial charge in [0, 0.05) is 11.3 Å². The van der Waals surface area contributed by atoms with Gasteiger partial charge in [0.25, 0.3) is 0 Å². The Kier molecular flexibility index (Phi) is 7.65. The zero-order valence-electron chi connectivity index (χ0n) is 13.0. The van der Waals surface area contributed by atoms with Crippen LogP contribution in [0.15, 0.2) is 18.2 Å². The smallest absolute Gasteiger partial charge is 0.250 e. The number of hydrogen-bond donors (Lipinski definition) is 0. The maximum atomic E-state index is 5.90. The van der Waals surface area contributed by atoms with E-state index in [0.717, 1.165) is 11.3 Å². The third kappa shape index (κ3) is 5.45. The van der Waals surface area contributed by atoms with Crippen molar-refractivity contribution in [3.8, 4) is 11.4 Å². The van der Waals surface area contributed by atoms with Gasteiger partial charge < -0.3 is 4.90 Å². The maximum Gasteiger partial charge on any atom is 0.250 e. The van der Waals surface area contributed by atoms with Gasteiger partial charge in [-0.05, 0) is 30.7 Å². The van der Waals surface area contributed by atoms with E-state index in [0.29, 0.717) is 5.56 Å². The molecule has 0 saturated carbocycles. The van der Waals surface area contributed by atoms with Crippen LogP contribution in [0.1, 0.15) is 17.2 Å². The third-order valence-electron chi connectivity index (χ3n) is 3.25. The summed E-state index contributed by atoms with van der Waals surface area (Å²) in [5.74, 6) is -0.101. The molecule has 0 bridgehead atoms. The fraction of sp³-hybridized carbons (Fsp3) is 0.357. The second kappa shape index (κ2) is 8.79. The highest BCUT2D eigenvalue weighted by Gasteiger charge is 2.34. The highest BCUT2D eigenvalue weighted by molar-refractivity contribution is 6.67. The number of aryl methyl sites for hydroxylation is 1. The number of anilines is 1. The zero-order valence-corrected chi connectivity index (χ0v) is 19.0. The molecule has 142 valence electrons. The summed E-state index contributed by atoms with van der Waals surface area (Å²) >= 11 is 47.1. The molecule has 2 rings (SSSR count). The third-order valence-corrected chi connectivity index (χ3v) is 4.84. The average Bonchev–Trinajstić information content (AvgIpc) is 2.54. The van der Waals surface area contributed by atoms with Gasteiger partial charge in [0.05, 0.1) is 12.0 Å². The molecule has 0 aliphatic carbocycles. The van der Waals surface area contributed by atoms with Crippen LogP contribution in [0.4, 0.5) is 5.69 Å². The standard InChI is InChI=1S/C14H10Cl8N4/c1-7-4-8(26(5-15)6-16)2-3-9(7)10-23-11(13(17,18)19)25-12(24-10)14(20,21)22/h2-4H,5-6H2,1H3. The van der Waals surface area contributed by atoms with Gasteiger partial charge in [0.15, 0.2) is 17.5 Å². The summed E-state index contributed by atoms with van der Waals surface area (Å²) in [5.41, 5.74) is 2.29. The Hall–Kier alpha value is 0.350. The summed E-state index contributed by atoms with van der Waals surface area (Å²) in [6, 6.07) is 5.93. The van der Waals surface area contributed by atoms with Gasteiger partial charge in [-0.25, -0.2) is 15.0 Å². The minimum Gasteiger partial charge on any atom is -0.344 e. The second-order valence-electron chi connectivity index (χ2n) is 5.08. The molecule has 0 aliphatic rings. The monoisotopic (exact) mass is 514 g/mol. The highest BCUT2D eigenvalue weighted by Crippen LogP contribution is 2.41. The molecule has 26 heavy (non-hydrogen) atoms. The second-order valence-corrected chi connectivity index (χ2v) is 10.1. The molecule has 1 aromatic heterocycles. The van der Waals surface area contributed by atoms with Gasteiger partial charge in [-0.15, -0.1) is 23.2 Å². The Morgan fingerprint density at radius 3 is 1.73 bits per heavy atom. The van der Waals surface area contributed by atoms with Gasteiger partial charge in [-0.2, -0.15) is 0 Å². The Labute approximate surface area is 190 Å². The number of nitrogens with zero attached hydrogens (tertiary/aromatic N) is 4. The topological polar surface area (TPSA) is 41.9 Å². The van der Waals surface area contributed by atoms with Crippen LogP contribution in [0.3, 0.4) is 0 Å². The van der Waals surface area contributed by atoms with E-state index in [4.69, 9.17) is 92.8 Å². The van der Waals surface area contributed by atoms with E-state index < -0.39 is 7.59 Å². The summed E-state index contributed by atoms with van der Waals surface area (Å²) in [4.78, 5) is 14.1. The molecule has 4 nitrogen and oxygen atoms in total. The van der Waals surface area contributed by atoms with E-state index in [1.165, 1.54) is 0 Å². The lowest BCUT2D eigenvalue weighted by Crippen LogP contribution is -2.19. The molecular formula is C14H10Cl8N4. The lowest BCUT2D eigenvalue weighted by Gasteiger charge is -2.20. The van der Waals surface area contributed by atoms with Gasteiger partial charge in [-0.3, -0.25) is 0 Å². The molecule has 0 fully saturated rings. The number of benzene rings is 1. The molecule has 0 spiro atoms. The van der Waals surface area contributed by atoms with Crippen LogP contribution >= 0.6 is 92.8 Å². The number of aromatic nitrogens is 3. The Balaban J connectivity index is 2.61. The van der Waals surface area contributed by atoms with Crippen molar-refractivity contribution < 1.29 is 0 Å². The Morgan fingerprint density at radius 2 is 1.35 bits per heavy atom. The van der Waals surface area contributed by atoms with Crippen LogP contribution in [0.2, 0.25) is 0 Å². The van der Waals surface area contributed by atoms with Gasteiger partial charge in [0.1, 0.15) is 0 Å². The number of rotatable bonds is 4. The molecule has 0 unspecified atom stereocenters. The fourth-order valence-electron chi connectivity index (χ4n) is 2.02. The molecule has 2 aromatic rings. The molecule has 0 N–H and O–H groups in total. The van der Waals surface area contributed by atoms with Crippen LogP contribution in [0, 0.1) is 6.92 Å². The Morgan fingerprint density at radius 1 is 0.846 bits per heavy atom. The minimum absolute atomic E-state index is 0.152. The minimum atomic E-state index is -1.91. The lowest BCUT2D eigenvalue weighted by atomic mass is 10.1. The summed E-state index contributed by atoms with van der Waals surface area (Å²) in [5, 5.41) is 0. The van der Waals surface area contributed by atoms with E-state index in [1.54, 1.807) is 17.0 Å². The van der Waals surface area contributed by atoms with Crippen LogP contribution in [0.5, 0.6) is 0 Å². The van der Waals surface area contributed by atoms with Crippen LogP contribution in [-0.4, -0.2) is 27.0 Å². The van der Waals surface area contributed by atoms with Crippen LogP contribution in [0.25, 0.3) is 11.4 Å². The predicted molar refractivity (Wildman–Crippen MR) is 112 cm³/mol. The first-order chi connectivity index (χ1) is 12.0. The first-order valence-corrected chi connectivity index (χ1v) is 10.2.